The molecule has 0 aliphatic carbocycles. The molecule has 29 heavy (non-hydrogen) atoms. The highest BCUT2D eigenvalue weighted by Gasteiger charge is 2.35. The van der Waals surface area contributed by atoms with Gasteiger partial charge in [0.1, 0.15) is 5.75 Å². The van der Waals surface area contributed by atoms with E-state index in [1.165, 1.54) is 4.90 Å². The molecule has 7 heteroatoms. The smallest absolute Gasteiger partial charge is 0.261 e. The van der Waals surface area contributed by atoms with Crippen LogP contribution in [0.15, 0.2) is 42.5 Å². The molecule has 2 aliphatic rings. The molecule has 3 amide bonds. The van der Waals surface area contributed by atoms with Crippen LogP contribution in [0.1, 0.15) is 51.6 Å². The van der Waals surface area contributed by atoms with Crippen LogP contribution in [0, 0.1) is 0 Å². The molecule has 1 atom stereocenters. The van der Waals surface area contributed by atoms with Crippen LogP contribution in [0.25, 0.3) is 0 Å². The van der Waals surface area contributed by atoms with Crippen LogP contribution in [0.3, 0.4) is 0 Å². The molecule has 150 valence electrons. The molecule has 0 saturated heterocycles. The maximum absolute atomic E-state index is 12.8. The normalized spacial score (nSPS) is 17.9. The van der Waals surface area contributed by atoms with Gasteiger partial charge < -0.3 is 14.7 Å². The van der Waals surface area contributed by atoms with Gasteiger partial charge >= 0.3 is 0 Å². The first-order chi connectivity index (χ1) is 14.0. The van der Waals surface area contributed by atoms with Crippen LogP contribution in [-0.2, 0) is 4.79 Å². The van der Waals surface area contributed by atoms with Crippen molar-refractivity contribution < 1.29 is 24.2 Å². The molecule has 0 radical (unpaired) electrons. The van der Waals surface area contributed by atoms with Gasteiger partial charge in [-0.15, -0.1) is 0 Å². The van der Waals surface area contributed by atoms with Gasteiger partial charge in [-0.3, -0.25) is 19.3 Å². The number of benzene rings is 2. The molecular weight excluding hydrogens is 372 g/mol. The van der Waals surface area contributed by atoms with E-state index in [0.29, 0.717) is 47.5 Å². The Bertz CT molecular complexity index is 952. The third kappa shape index (κ3) is 3.38. The molecule has 0 fully saturated rings. The first-order valence-electron chi connectivity index (χ1n) is 9.63. The Labute approximate surface area is 168 Å². The zero-order valence-corrected chi connectivity index (χ0v) is 16.1. The molecule has 1 N–H and O–H groups in total. The summed E-state index contributed by atoms with van der Waals surface area (Å²) in [4.78, 5) is 40.5. The second-order valence-corrected chi connectivity index (χ2v) is 7.19. The summed E-state index contributed by atoms with van der Waals surface area (Å²) < 4.78 is 5.21. The number of hydrogen-bond acceptors (Lipinski definition) is 5. The number of nitrogens with zero attached hydrogens (tertiary/aromatic N) is 2. The van der Waals surface area contributed by atoms with Crippen LogP contribution in [-0.4, -0.2) is 47.9 Å². The molecule has 0 aromatic heterocycles. The van der Waals surface area contributed by atoms with Gasteiger partial charge in [0, 0.05) is 30.8 Å². The van der Waals surface area contributed by atoms with Gasteiger partial charge in [0.2, 0.25) is 5.91 Å². The molecule has 0 spiro atoms. The number of rotatable bonds is 5. The van der Waals surface area contributed by atoms with Crippen LogP contribution in [0.4, 0.5) is 5.69 Å². The van der Waals surface area contributed by atoms with Gasteiger partial charge in [-0.25, -0.2) is 0 Å². The average Bonchev–Trinajstić information content (AvgIpc) is 2.99. The fraction of sp³-hybridized carbons (Fsp3) is 0.318. The quantitative estimate of drug-likeness (QED) is 0.788. The molecule has 2 aromatic carbocycles. The molecule has 2 heterocycles. The summed E-state index contributed by atoms with van der Waals surface area (Å²) in [5, 5.41) is 10.3. The number of aliphatic hydroxyl groups excluding tert-OH is 1. The van der Waals surface area contributed by atoms with E-state index in [0.717, 1.165) is 0 Å². The predicted molar refractivity (Wildman–Crippen MR) is 106 cm³/mol. The average molecular weight is 394 g/mol. The first kappa shape index (κ1) is 19.1. The highest BCUT2D eigenvalue weighted by atomic mass is 16.5. The van der Waals surface area contributed by atoms with Crippen LogP contribution < -0.4 is 9.64 Å². The number of carbonyl (C=O) groups is 3. The van der Waals surface area contributed by atoms with Crippen LogP contribution >= 0.6 is 0 Å². The standard InChI is InChI=1S/C22H22N2O5/c1-29-14-8-9-18-17(13-14)19(25)10-12-23(18)20(26)7-4-11-24-21(27)15-5-2-3-6-16(15)22(24)28/h2-3,5-6,8-9,13,19,25H,4,7,10-12H2,1H3. The van der Waals surface area contributed by atoms with Crippen molar-refractivity contribution in [3.8, 4) is 5.75 Å². The third-order valence-electron chi connectivity index (χ3n) is 5.46. The van der Waals surface area contributed by atoms with Crippen molar-refractivity contribution in [2.45, 2.75) is 25.4 Å². The number of aliphatic hydroxyl groups is 1. The lowest BCUT2D eigenvalue weighted by Gasteiger charge is -2.32. The van der Waals surface area contributed by atoms with E-state index in [-0.39, 0.29) is 30.7 Å². The zero-order chi connectivity index (χ0) is 20.5. The third-order valence-corrected chi connectivity index (χ3v) is 5.46. The van der Waals surface area contributed by atoms with E-state index in [1.54, 1.807) is 54.5 Å². The van der Waals surface area contributed by atoms with Gasteiger partial charge in [-0.05, 0) is 43.2 Å². The highest BCUT2D eigenvalue weighted by Crippen LogP contribution is 2.36. The van der Waals surface area contributed by atoms with Gasteiger partial charge in [0.25, 0.3) is 11.8 Å². The Kier molecular flexibility index (Phi) is 5.07. The second kappa shape index (κ2) is 7.67. The lowest BCUT2D eigenvalue weighted by molar-refractivity contribution is -0.119. The number of ether oxygens (including phenoxy) is 1. The summed E-state index contributed by atoms with van der Waals surface area (Å²) in [5.74, 6) is -0.0872. The number of hydrogen-bond donors (Lipinski definition) is 1. The van der Waals surface area contributed by atoms with Gasteiger partial charge in [0.15, 0.2) is 0 Å². The van der Waals surface area contributed by atoms with Crippen LogP contribution in [0.2, 0.25) is 0 Å². The monoisotopic (exact) mass is 394 g/mol. The summed E-state index contributed by atoms with van der Waals surface area (Å²) in [5.41, 5.74) is 2.17. The van der Waals surface area contributed by atoms with E-state index in [1.807, 2.05) is 0 Å². The lowest BCUT2D eigenvalue weighted by atomic mass is 9.98. The Hall–Kier alpha value is -3.19. The van der Waals surface area contributed by atoms with Crippen molar-refractivity contribution in [3.63, 3.8) is 0 Å². The van der Waals surface area contributed by atoms with Crippen molar-refractivity contribution in [2.24, 2.45) is 0 Å². The molecule has 0 bridgehead atoms. The first-order valence-corrected chi connectivity index (χ1v) is 9.63. The minimum atomic E-state index is -0.637. The summed E-state index contributed by atoms with van der Waals surface area (Å²) >= 11 is 0. The number of amides is 3. The van der Waals surface area contributed by atoms with Crippen molar-refractivity contribution in [3.05, 3.63) is 59.2 Å². The van der Waals surface area contributed by atoms with E-state index < -0.39 is 6.10 Å². The zero-order valence-electron chi connectivity index (χ0n) is 16.1. The van der Waals surface area contributed by atoms with Gasteiger partial charge in [0.05, 0.1) is 24.3 Å². The van der Waals surface area contributed by atoms with Crippen molar-refractivity contribution in [2.75, 3.05) is 25.1 Å². The second-order valence-electron chi connectivity index (χ2n) is 7.19. The predicted octanol–water partition coefficient (Wildman–Crippen LogP) is 2.54. The molecule has 2 aromatic rings. The minimum Gasteiger partial charge on any atom is -0.497 e. The summed E-state index contributed by atoms with van der Waals surface area (Å²) in [6.07, 6.45) is 0.399. The van der Waals surface area contributed by atoms with E-state index in [2.05, 4.69) is 0 Å². The Balaban J connectivity index is 1.41. The largest absolute Gasteiger partial charge is 0.497 e. The Morgan fingerprint density at radius 2 is 1.83 bits per heavy atom. The van der Waals surface area contributed by atoms with E-state index in [4.69, 9.17) is 4.74 Å². The minimum absolute atomic E-state index is 0.0973. The van der Waals surface area contributed by atoms with Crippen molar-refractivity contribution in [1.29, 1.82) is 0 Å². The number of carbonyl (C=O) groups excluding carboxylic acids is 3. The Morgan fingerprint density at radius 3 is 2.48 bits per heavy atom. The number of imide groups is 1. The van der Waals surface area contributed by atoms with Crippen LogP contribution in [0.5, 0.6) is 5.75 Å². The van der Waals surface area contributed by atoms with E-state index >= 15 is 0 Å². The summed E-state index contributed by atoms with van der Waals surface area (Å²) in [7, 11) is 1.55. The number of fused-ring (bicyclic) bond motifs is 2. The van der Waals surface area contributed by atoms with Crippen molar-refractivity contribution >= 4 is 23.4 Å². The maximum Gasteiger partial charge on any atom is 0.261 e. The molecule has 4 rings (SSSR count). The van der Waals surface area contributed by atoms with Gasteiger partial charge in [-0.2, -0.15) is 0 Å². The topological polar surface area (TPSA) is 87.2 Å². The highest BCUT2D eigenvalue weighted by molar-refractivity contribution is 6.21. The lowest BCUT2D eigenvalue weighted by Crippen LogP contribution is -2.37. The molecule has 0 saturated carbocycles. The van der Waals surface area contributed by atoms with Gasteiger partial charge in [-0.1, -0.05) is 12.1 Å². The molecule has 1 unspecified atom stereocenters. The SMILES string of the molecule is COc1ccc2c(c1)C(O)CCN2C(=O)CCCN1C(=O)c2ccccc2C1=O. The summed E-state index contributed by atoms with van der Waals surface area (Å²) in [6.45, 7) is 0.621. The van der Waals surface area contributed by atoms with E-state index in [9.17, 15) is 19.5 Å². The molecule has 7 nitrogen and oxygen atoms in total. The Morgan fingerprint density at radius 1 is 1.14 bits per heavy atom. The maximum atomic E-state index is 12.8. The fourth-order valence-electron chi connectivity index (χ4n) is 3.92. The summed E-state index contributed by atoms with van der Waals surface area (Å²) in [6, 6.07) is 12.0. The fourth-order valence-corrected chi connectivity index (χ4v) is 3.92. The molecular formula is C22H22N2O5. The molecule has 2 aliphatic heterocycles. The number of methoxy groups -OCH3 is 1. The van der Waals surface area contributed by atoms with Crippen molar-refractivity contribution in [1.82, 2.24) is 4.90 Å². The number of anilines is 1.